The molecule has 1 heterocycles. The van der Waals surface area contributed by atoms with Crippen LogP contribution in [0.2, 0.25) is 0 Å². The van der Waals surface area contributed by atoms with Crippen molar-refractivity contribution >= 4 is 22.6 Å². The van der Waals surface area contributed by atoms with E-state index < -0.39 is 0 Å². The van der Waals surface area contributed by atoms with Crippen LogP contribution in [-0.4, -0.2) is 30.3 Å². The van der Waals surface area contributed by atoms with Crippen molar-refractivity contribution in [3.63, 3.8) is 0 Å². The van der Waals surface area contributed by atoms with E-state index in [2.05, 4.69) is 23.5 Å². The van der Waals surface area contributed by atoms with Gasteiger partial charge in [0.2, 0.25) is 5.91 Å². The van der Waals surface area contributed by atoms with Crippen molar-refractivity contribution in [2.45, 2.75) is 13.0 Å². The van der Waals surface area contributed by atoms with Crippen LogP contribution in [0.15, 0.2) is 65.3 Å². The Bertz CT molecular complexity index is 866. The molecule has 0 bridgehead atoms. The lowest BCUT2D eigenvalue weighted by Gasteiger charge is -2.18. The summed E-state index contributed by atoms with van der Waals surface area (Å²) >= 11 is 0. The fraction of sp³-hybridized carbons (Fsp3) is 0.200. The van der Waals surface area contributed by atoms with Gasteiger partial charge in [0.05, 0.1) is 6.26 Å². The van der Waals surface area contributed by atoms with Gasteiger partial charge >= 0.3 is 0 Å². The number of hydrogen-bond acceptors (Lipinski definition) is 3. The standard InChI is InChI=1S/C20H20N2O3/c1-22(14-16-8-4-7-15-6-2-3-9-17(15)16)19(23)11-12-21-20(24)18-10-5-13-25-18/h2-10,13H,11-12,14H2,1H3,(H,21,24). The number of nitrogens with one attached hydrogen (secondary N) is 1. The smallest absolute Gasteiger partial charge is 0.286 e. The van der Waals surface area contributed by atoms with Crippen LogP contribution in [0.5, 0.6) is 0 Å². The zero-order chi connectivity index (χ0) is 17.6. The Morgan fingerprint density at radius 3 is 2.64 bits per heavy atom. The summed E-state index contributed by atoms with van der Waals surface area (Å²) in [5.41, 5.74) is 1.11. The highest BCUT2D eigenvalue weighted by Gasteiger charge is 2.12. The molecule has 0 fully saturated rings. The molecule has 128 valence electrons. The molecule has 1 aromatic heterocycles. The Hall–Kier alpha value is -3.08. The van der Waals surface area contributed by atoms with Crippen LogP contribution in [0.1, 0.15) is 22.5 Å². The third kappa shape index (κ3) is 4.07. The second kappa shape index (κ2) is 7.66. The van der Waals surface area contributed by atoms with Crippen LogP contribution < -0.4 is 5.32 Å². The number of carbonyl (C=O) groups is 2. The van der Waals surface area contributed by atoms with Crippen LogP contribution in [0, 0.1) is 0 Å². The maximum absolute atomic E-state index is 12.3. The van der Waals surface area contributed by atoms with E-state index in [0.29, 0.717) is 6.54 Å². The van der Waals surface area contributed by atoms with Crippen molar-refractivity contribution in [2.24, 2.45) is 0 Å². The molecule has 0 saturated heterocycles. The van der Waals surface area contributed by atoms with E-state index in [1.807, 2.05) is 24.3 Å². The molecule has 0 aliphatic carbocycles. The average molecular weight is 336 g/mol. The lowest BCUT2D eigenvalue weighted by molar-refractivity contribution is -0.130. The number of carbonyl (C=O) groups excluding carboxylic acids is 2. The van der Waals surface area contributed by atoms with Crippen molar-refractivity contribution in [2.75, 3.05) is 13.6 Å². The van der Waals surface area contributed by atoms with Crippen LogP contribution in [0.25, 0.3) is 10.8 Å². The molecule has 25 heavy (non-hydrogen) atoms. The fourth-order valence-corrected chi connectivity index (χ4v) is 2.74. The molecule has 3 aromatic rings. The maximum Gasteiger partial charge on any atom is 0.286 e. The van der Waals surface area contributed by atoms with Gasteiger partial charge in [-0.1, -0.05) is 42.5 Å². The topological polar surface area (TPSA) is 62.6 Å². The number of fused-ring (bicyclic) bond motifs is 1. The van der Waals surface area contributed by atoms with Crippen molar-refractivity contribution in [3.05, 3.63) is 72.2 Å². The van der Waals surface area contributed by atoms with Gasteiger partial charge < -0.3 is 14.6 Å². The number of furan rings is 1. The summed E-state index contributed by atoms with van der Waals surface area (Å²) in [5, 5.41) is 4.99. The van der Waals surface area contributed by atoms with Gasteiger partial charge in [0, 0.05) is 26.6 Å². The second-order valence-electron chi connectivity index (χ2n) is 5.87. The molecule has 2 aromatic carbocycles. The van der Waals surface area contributed by atoms with E-state index in [1.165, 1.54) is 6.26 Å². The molecule has 1 N–H and O–H groups in total. The van der Waals surface area contributed by atoms with Crippen LogP contribution in [0.4, 0.5) is 0 Å². The van der Waals surface area contributed by atoms with Crippen molar-refractivity contribution in [3.8, 4) is 0 Å². The Kier molecular flexibility index (Phi) is 5.14. The minimum atomic E-state index is -0.311. The van der Waals surface area contributed by atoms with Gasteiger partial charge in [-0.05, 0) is 28.5 Å². The first-order valence-corrected chi connectivity index (χ1v) is 8.17. The van der Waals surface area contributed by atoms with Gasteiger partial charge in [0.25, 0.3) is 5.91 Å². The number of hydrogen-bond donors (Lipinski definition) is 1. The van der Waals surface area contributed by atoms with Gasteiger partial charge in [-0.2, -0.15) is 0 Å². The Balaban J connectivity index is 1.54. The molecule has 0 saturated carbocycles. The van der Waals surface area contributed by atoms with E-state index in [0.717, 1.165) is 16.3 Å². The van der Waals surface area contributed by atoms with Crippen LogP contribution in [0.3, 0.4) is 0 Å². The predicted molar refractivity (Wildman–Crippen MR) is 96.1 cm³/mol. The Morgan fingerprint density at radius 2 is 1.84 bits per heavy atom. The summed E-state index contributed by atoms with van der Waals surface area (Å²) in [6, 6.07) is 17.5. The highest BCUT2D eigenvalue weighted by atomic mass is 16.3. The lowest BCUT2D eigenvalue weighted by atomic mass is 10.0. The summed E-state index contributed by atoms with van der Waals surface area (Å²) < 4.78 is 5.01. The first-order valence-electron chi connectivity index (χ1n) is 8.17. The summed E-state index contributed by atoms with van der Waals surface area (Å²) in [4.78, 5) is 25.7. The third-order valence-electron chi connectivity index (χ3n) is 4.08. The van der Waals surface area contributed by atoms with Crippen molar-refractivity contribution in [1.29, 1.82) is 0 Å². The quantitative estimate of drug-likeness (QED) is 0.752. The number of nitrogens with zero attached hydrogens (tertiary/aromatic N) is 1. The monoisotopic (exact) mass is 336 g/mol. The van der Waals surface area contributed by atoms with E-state index in [1.54, 1.807) is 24.1 Å². The molecule has 3 rings (SSSR count). The van der Waals surface area contributed by atoms with E-state index in [-0.39, 0.29) is 30.5 Å². The molecule has 5 nitrogen and oxygen atoms in total. The van der Waals surface area contributed by atoms with Crippen molar-refractivity contribution in [1.82, 2.24) is 10.2 Å². The van der Waals surface area contributed by atoms with Gasteiger partial charge in [-0.3, -0.25) is 9.59 Å². The first kappa shape index (κ1) is 16.8. The van der Waals surface area contributed by atoms with E-state index in [9.17, 15) is 9.59 Å². The molecule has 2 amide bonds. The van der Waals surface area contributed by atoms with Crippen molar-refractivity contribution < 1.29 is 14.0 Å². The zero-order valence-electron chi connectivity index (χ0n) is 14.1. The second-order valence-corrected chi connectivity index (χ2v) is 5.87. The van der Waals surface area contributed by atoms with Gasteiger partial charge in [0.1, 0.15) is 0 Å². The highest BCUT2D eigenvalue weighted by Crippen LogP contribution is 2.19. The largest absolute Gasteiger partial charge is 0.459 e. The van der Waals surface area contributed by atoms with Gasteiger partial charge in [-0.25, -0.2) is 0 Å². The summed E-state index contributed by atoms with van der Waals surface area (Å²) in [5.74, 6) is -0.0845. The summed E-state index contributed by atoms with van der Waals surface area (Å²) in [6.45, 7) is 0.810. The highest BCUT2D eigenvalue weighted by molar-refractivity contribution is 5.91. The molecular formula is C20H20N2O3. The molecule has 0 radical (unpaired) electrons. The molecule has 5 heteroatoms. The Labute approximate surface area is 146 Å². The lowest BCUT2D eigenvalue weighted by Crippen LogP contribution is -2.31. The number of benzene rings is 2. The maximum atomic E-state index is 12.3. The van der Waals surface area contributed by atoms with E-state index >= 15 is 0 Å². The third-order valence-corrected chi connectivity index (χ3v) is 4.08. The van der Waals surface area contributed by atoms with Crippen LogP contribution >= 0.6 is 0 Å². The summed E-state index contributed by atoms with van der Waals surface area (Å²) in [6.07, 6.45) is 1.69. The minimum absolute atomic E-state index is 0.0207. The first-order chi connectivity index (χ1) is 12.1. The molecule has 0 spiro atoms. The molecule has 0 unspecified atom stereocenters. The molecule has 0 atom stereocenters. The van der Waals surface area contributed by atoms with Gasteiger partial charge in [-0.15, -0.1) is 0 Å². The van der Waals surface area contributed by atoms with E-state index in [4.69, 9.17) is 4.42 Å². The van der Waals surface area contributed by atoms with Crippen LogP contribution in [-0.2, 0) is 11.3 Å². The molecule has 0 aliphatic rings. The minimum Gasteiger partial charge on any atom is -0.459 e. The normalized spacial score (nSPS) is 10.6. The number of rotatable bonds is 6. The van der Waals surface area contributed by atoms with Gasteiger partial charge in [0.15, 0.2) is 5.76 Å². The zero-order valence-corrected chi connectivity index (χ0v) is 14.1. The molecular weight excluding hydrogens is 316 g/mol. The summed E-state index contributed by atoms with van der Waals surface area (Å²) in [7, 11) is 1.78. The Morgan fingerprint density at radius 1 is 1.04 bits per heavy atom. The SMILES string of the molecule is CN(Cc1cccc2ccccc12)C(=O)CCNC(=O)c1ccco1. The number of amides is 2. The fourth-order valence-electron chi connectivity index (χ4n) is 2.74. The predicted octanol–water partition coefficient (Wildman–Crippen LogP) is 3.21. The average Bonchev–Trinajstić information content (AvgIpc) is 3.16. The molecule has 0 aliphatic heterocycles.